The van der Waals surface area contributed by atoms with Gasteiger partial charge in [-0.2, -0.15) is 0 Å². The van der Waals surface area contributed by atoms with Crippen LogP contribution in [0, 0.1) is 0 Å². The predicted molar refractivity (Wildman–Crippen MR) is 83.0 cm³/mol. The van der Waals surface area contributed by atoms with Gasteiger partial charge in [0, 0.05) is 6.16 Å². The summed E-state index contributed by atoms with van der Waals surface area (Å²) in [4.78, 5) is 0. The van der Waals surface area contributed by atoms with E-state index in [1.165, 1.54) is 10.9 Å². The lowest BCUT2D eigenvalue weighted by Crippen LogP contribution is -2.05. The van der Waals surface area contributed by atoms with Crippen molar-refractivity contribution in [3.8, 4) is 5.75 Å². The van der Waals surface area contributed by atoms with Crippen LogP contribution in [0.3, 0.4) is 0 Å². The molecule has 2 aromatic rings. The minimum Gasteiger partial charge on any atom is -0.496 e. The van der Waals surface area contributed by atoms with E-state index in [0.29, 0.717) is 0 Å². The summed E-state index contributed by atoms with van der Waals surface area (Å²) in [6.07, 6.45) is 0.899. The van der Waals surface area contributed by atoms with Crippen LogP contribution in [-0.2, 0) is 18.0 Å². The van der Waals surface area contributed by atoms with Crippen molar-refractivity contribution in [2.24, 2.45) is 0 Å². The molecular formula is C15H17OPS. The molecule has 0 spiro atoms. The van der Waals surface area contributed by atoms with E-state index in [-0.39, 0.29) is 0 Å². The van der Waals surface area contributed by atoms with E-state index in [1.54, 1.807) is 7.11 Å². The molecule has 0 saturated carbocycles. The summed E-state index contributed by atoms with van der Waals surface area (Å²) in [5.41, 5.74) is 1.20. The molecule has 0 saturated heterocycles. The van der Waals surface area contributed by atoms with Crippen molar-refractivity contribution in [3.05, 3.63) is 60.2 Å². The first kappa shape index (κ1) is 13.3. The zero-order valence-electron chi connectivity index (χ0n) is 10.7. The molecule has 1 nitrogen and oxygen atoms in total. The van der Waals surface area contributed by atoms with E-state index >= 15 is 0 Å². The number of benzene rings is 2. The van der Waals surface area contributed by atoms with Crippen LogP contribution >= 0.6 is 6.04 Å². The summed E-state index contributed by atoms with van der Waals surface area (Å²) in [7, 11) is 1.71. The molecule has 0 heterocycles. The second kappa shape index (κ2) is 5.69. The van der Waals surface area contributed by atoms with Crippen LogP contribution in [0.15, 0.2) is 54.6 Å². The zero-order valence-corrected chi connectivity index (χ0v) is 12.4. The Hall–Kier alpha value is -1.11. The maximum absolute atomic E-state index is 5.85. The van der Waals surface area contributed by atoms with Crippen LogP contribution in [0.4, 0.5) is 0 Å². The number of hydrogen-bond acceptors (Lipinski definition) is 2. The Balaban J connectivity index is 2.31. The van der Waals surface area contributed by atoms with Crippen molar-refractivity contribution in [1.29, 1.82) is 0 Å². The molecule has 0 aliphatic heterocycles. The molecule has 0 fully saturated rings. The fraction of sp³-hybridized carbons (Fsp3) is 0.200. The van der Waals surface area contributed by atoms with Crippen molar-refractivity contribution in [3.63, 3.8) is 0 Å². The van der Waals surface area contributed by atoms with E-state index in [0.717, 1.165) is 11.9 Å². The van der Waals surface area contributed by atoms with Crippen LogP contribution < -0.4 is 10.0 Å². The second-order valence-electron chi connectivity index (χ2n) is 4.41. The van der Waals surface area contributed by atoms with Crippen LogP contribution in [0.1, 0.15) is 5.56 Å². The number of para-hydroxylation sites is 1. The second-order valence-corrected chi connectivity index (χ2v) is 9.86. The lowest BCUT2D eigenvalue weighted by Gasteiger charge is -2.18. The van der Waals surface area contributed by atoms with E-state index in [1.807, 2.05) is 24.3 Å². The molecule has 18 heavy (non-hydrogen) atoms. The lowest BCUT2D eigenvalue weighted by molar-refractivity contribution is 0.411. The summed E-state index contributed by atoms with van der Waals surface area (Å²) < 4.78 is 5.40. The lowest BCUT2D eigenvalue weighted by atomic mass is 10.2. The van der Waals surface area contributed by atoms with Gasteiger partial charge in [0.05, 0.1) is 7.11 Å². The molecule has 0 N–H and O–H groups in total. The first-order valence-corrected chi connectivity index (χ1v) is 9.31. The van der Waals surface area contributed by atoms with E-state index in [4.69, 9.17) is 16.5 Å². The monoisotopic (exact) mass is 276 g/mol. The average molecular weight is 276 g/mol. The molecule has 0 aliphatic carbocycles. The number of rotatable bonds is 4. The minimum atomic E-state index is -1.55. The summed E-state index contributed by atoms with van der Waals surface area (Å²) in [6.45, 7) is 2.20. The molecule has 2 rings (SSSR count). The first-order valence-electron chi connectivity index (χ1n) is 5.87. The van der Waals surface area contributed by atoms with Gasteiger partial charge in [0.2, 0.25) is 0 Å². The molecule has 0 amide bonds. The Morgan fingerprint density at radius 2 is 1.61 bits per heavy atom. The third kappa shape index (κ3) is 3.01. The predicted octanol–water partition coefficient (Wildman–Crippen LogP) is 3.63. The van der Waals surface area contributed by atoms with Crippen molar-refractivity contribution in [2.75, 3.05) is 13.8 Å². The maximum atomic E-state index is 5.85. The van der Waals surface area contributed by atoms with Crippen LogP contribution in [0.2, 0.25) is 0 Å². The van der Waals surface area contributed by atoms with Gasteiger partial charge in [-0.3, -0.25) is 0 Å². The highest BCUT2D eigenvalue weighted by Gasteiger charge is 2.16. The summed E-state index contributed by atoms with van der Waals surface area (Å²) in [6, 6.07) is 17.0. The molecule has 0 radical (unpaired) electrons. The molecule has 2 aromatic carbocycles. The molecular weight excluding hydrogens is 259 g/mol. The van der Waals surface area contributed by atoms with Crippen molar-refractivity contribution in [2.45, 2.75) is 6.16 Å². The quantitative estimate of drug-likeness (QED) is 0.789. The third-order valence-corrected chi connectivity index (χ3v) is 6.32. The number of hydrogen-bond donors (Lipinski definition) is 0. The molecule has 1 atom stereocenters. The Morgan fingerprint density at radius 1 is 1.00 bits per heavy atom. The molecule has 0 aliphatic rings. The largest absolute Gasteiger partial charge is 0.496 e. The smallest absolute Gasteiger partial charge is 0.122 e. The highest BCUT2D eigenvalue weighted by Crippen LogP contribution is 2.45. The van der Waals surface area contributed by atoms with Crippen LogP contribution in [0.25, 0.3) is 0 Å². The molecule has 0 aromatic heterocycles. The first-order chi connectivity index (χ1) is 8.63. The summed E-state index contributed by atoms with van der Waals surface area (Å²) in [5.74, 6) is 0.935. The molecule has 1 unspecified atom stereocenters. The molecule has 0 bridgehead atoms. The van der Waals surface area contributed by atoms with Gasteiger partial charge >= 0.3 is 0 Å². The van der Waals surface area contributed by atoms with Crippen LogP contribution in [0.5, 0.6) is 5.75 Å². The topological polar surface area (TPSA) is 9.23 Å². The van der Waals surface area contributed by atoms with E-state index in [9.17, 15) is 0 Å². The number of ether oxygens (including phenoxy) is 1. The Morgan fingerprint density at radius 3 is 2.28 bits per heavy atom. The Bertz CT molecular complexity index is 566. The zero-order chi connectivity index (χ0) is 13.0. The van der Waals surface area contributed by atoms with Gasteiger partial charge in [0.25, 0.3) is 0 Å². The fourth-order valence-corrected chi connectivity index (χ4v) is 4.67. The minimum absolute atomic E-state index is 0.899. The summed E-state index contributed by atoms with van der Waals surface area (Å²) in [5, 5.41) is 1.28. The maximum Gasteiger partial charge on any atom is 0.122 e. The van der Waals surface area contributed by atoms with Gasteiger partial charge in [-0.15, -0.1) is 0 Å². The van der Waals surface area contributed by atoms with Gasteiger partial charge in [0.1, 0.15) is 5.75 Å². The van der Waals surface area contributed by atoms with Crippen LogP contribution in [-0.4, -0.2) is 13.8 Å². The standard InChI is InChI=1S/C15H17OPS/c1-16-15-11-7-6-8-13(15)12-17(2,18)14-9-4-3-5-10-14/h3-11H,12H2,1-2H3. The highest BCUT2D eigenvalue weighted by molar-refractivity contribution is 8.17. The van der Waals surface area contributed by atoms with Gasteiger partial charge in [-0.25, -0.2) is 0 Å². The number of methoxy groups -OCH3 is 1. The highest BCUT2D eigenvalue weighted by atomic mass is 32.4. The normalized spacial score (nSPS) is 13.9. The van der Waals surface area contributed by atoms with Gasteiger partial charge < -0.3 is 4.74 Å². The van der Waals surface area contributed by atoms with Gasteiger partial charge in [-0.1, -0.05) is 60.3 Å². The molecule has 94 valence electrons. The van der Waals surface area contributed by atoms with Crippen molar-refractivity contribution >= 4 is 23.1 Å². The fourth-order valence-electron chi connectivity index (χ4n) is 1.99. The SMILES string of the molecule is COc1ccccc1CP(C)(=S)c1ccccc1. The van der Waals surface area contributed by atoms with E-state index in [2.05, 4.69) is 37.0 Å². The van der Waals surface area contributed by atoms with Crippen molar-refractivity contribution < 1.29 is 4.74 Å². The summed E-state index contributed by atoms with van der Waals surface area (Å²) >= 11 is 5.85. The third-order valence-electron chi connectivity index (χ3n) is 2.97. The van der Waals surface area contributed by atoms with Gasteiger partial charge in [-0.05, 0) is 29.6 Å². The van der Waals surface area contributed by atoms with E-state index < -0.39 is 6.04 Å². The average Bonchev–Trinajstić information content (AvgIpc) is 2.40. The van der Waals surface area contributed by atoms with Gasteiger partial charge in [0.15, 0.2) is 0 Å². The Kier molecular flexibility index (Phi) is 4.21. The Labute approximate surface area is 114 Å². The molecule has 3 heteroatoms. The van der Waals surface area contributed by atoms with Crippen molar-refractivity contribution in [1.82, 2.24) is 0 Å².